The van der Waals surface area contributed by atoms with Gasteiger partial charge >= 0.3 is 0 Å². The molecule has 0 fully saturated rings. The maximum absolute atomic E-state index is 6.03. The fourth-order valence-corrected chi connectivity index (χ4v) is 2.76. The van der Waals surface area contributed by atoms with Crippen molar-refractivity contribution >= 4 is 27.3 Å². The maximum atomic E-state index is 6.03. The van der Waals surface area contributed by atoms with Crippen LogP contribution in [0.1, 0.15) is 0 Å². The van der Waals surface area contributed by atoms with E-state index >= 15 is 0 Å². The number of anilines is 2. The number of ether oxygens (including phenoxy) is 1. The van der Waals surface area contributed by atoms with E-state index in [0.29, 0.717) is 5.69 Å². The van der Waals surface area contributed by atoms with Gasteiger partial charge in [-0.15, -0.1) is 0 Å². The summed E-state index contributed by atoms with van der Waals surface area (Å²) < 4.78 is 6.75. The lowest BCUT2D eigenvalue weighted by Gasteiger charge is -2.11. The number of nitrogen functional groups attached to an aromatic ring is 2. The zero-order valence-corrected chi connectivity index (χ0v) is 13.4. The lowest BCUT2D eigenvalue weighted by molar-refractivity contribution is 0.482. The van der Waals surface area contributed by atoms with Crippen LogP contribution < -0.4 is 16.2 Å². The standard InChI is InChI=1S/C18H15BrN2O/c19-17-11-14(22-13-7-5-12(20)6-8-13)9-10-15(17)16-3-1-2-4-18(16)21/h1-11H,20-21H2. The maximum Gasteiger partial charge on any atom is 0.128 e. The Labute approximate surface area is 137 Å². The molecule has 0 amide bonds. The van der Waals surface area contributed by atoms with Crippen LogP contribution in [0.2, 0.25) is 0 Å². The summed E-state index contributed by atoms with van der Waals surface area (Å²) >= 11 is 3.59. The third-order valence-corrected chi connectivity index (χ3v) is 3.96. The summed E-state index contributed by atoms with van der Waals surface area (Å²) in [6.07, 6.45) is 0. The Balaban J connectivity index is 1.89. The molecule has 3 aromatic carbocycles. The summed E-state index contributed by atoms with van der Waals surface area (Å²) in [6, 6.07) is 20.9. The highest BCUT2D eigenvalue weighted by Gasteiger charge is 2.08. The fraction of sp³-hybridized carbons (Fsp3) is 0. The van der Waals surface area contributed by atoms with Crippen LogP contribution in [0.3, 0.4) is 0 Å². The molecule has 22 heavy (non-hydrogen) atoms. The summed E-state index contributed by atoms with van der Waals surface area (Å²) in [5.41, 5.74) is 15.2. The summed E-state index contributed by atoms with van der Waals surface area (Å²) in [4.78, 5) is 0. The first-order chi connectivity index (χ1) is 10.6. The Morgan fingerprint density at radius 3 is 2.09 bits per heavy atom. The molecule has 4 N–H and O–H groups in total. The van der Waals surface area contributed by atoms with Crippen LogP contribution in [0.5, 0.6) is 11.5 Å². The van der Waals surface area contributed by atoms with Crippen molar-refractivity contribution in [3.05, 3.63) is 71.2 Å². The van der Waals surface area contributed by atoms with E-state index in [9.17, 15) is 0 Å². The molecule has 0 aliphatic heterocycles. The van der Waals surface area contributed by atoms with Crippen LogP contribution in [-0.2, 0) is 0 Å². The number of halogens is 1. The van der Waals surface area contributed by atoms with Crippen molar-refractivity contribution < 1.29 is 4.74 Å². The van der Waals surface area contributed by atoms with Gasteiger partial charge in [-0.2, -0.15) is 0 Å². The molecule has 4 heteroatoms. The minimum Gasteiger partial charge on any atom is -0.457 e. The van der Waals surface area contributed by atoms with Crippen LogP contribution >= 0.6 is 15.9 Å². The van der Waals surface area contributed by atoms with E-state index in [1.54, 1.807) is 0 Å². The quantitative estimate of drug-likeness (QED) is 0.645. The van der Waals surface area contributed by atoms with Gasteiger partial charge in [0.1, 0.15) is 11.5 Å². The highest BCUT2D eigenvalue weighted by molar-refractivity contribution is 9.10. The number of hydrogen-bond donors (Lipinski definition) is 2. The molecule has 0 bridgehead atoms. The normalized spacial score (nSPS) is 10.4. The summed E-state index contributed by atoms with van der Waals surface area (Å²) in [5.74, 6) is 1.49. The van der Waals surface area contributed by atoms with Gasteiger partial charge in [-0.05, 0) is 54.1 Å². The van der Waals surface area contributed by atoms with Gasteiger partial charge in [0.15, 0.2) is 0 Å². The van der Waals surface area contributed by atoms with Gasteiger partial charge < -0.3 is 16.2 Å². The highest BCUT2D eigenvalue weighted by atomic mass is 79.9. The van der Waals surface area contributed by atoms with Crippen LogP contribution in [0.4, 0.5) is 11.4 Å². The van der Waals surface area contributed by atoms with E-state index in [0.717, 1.165) is 32.8 Å². The second-order valence-electron chi connectivity index (χ2n) is 4.90. The van der Waals surface area contributed by atoms with Crippen molar-refractivity contribution in [2.75, 3.05) is 11.5 Å². The van der Waals surface area contributed by atoms with E-state index < -0.39 is 0 Å². The molecule has 0 saturated heterocycles. The zero-order chi connectivity index (χ0) is 15.5. The summed E-state index contributed by atoms with van der Waals surface area (Å²) in [5, 5.41) is 0. The minimum atomic E-state index is 0.712. The SMILES string of the molecule is Nc1ccc(Oc2ccc(-c3ccccc3N)c(Br)c2)cc1. The summed E-state index contributed by atoms with van der Waals surface area (Å²) in [7, 11) is 0. The number of benzene rings is 3. The van der Waals surface area contributed by atoms with Gasteiger partial charge in [0.05, 0.1) is 0 Å². The van der Waals surface area contributed by atoms with Crippen molar-refractivity contribution in [1.82, 2.24) is 0 Å². The topological polar surface area (TPSA) is 61.3 Å². The molecular formula is C18H15BrN2O. The molecule has 0 spiro atoms. The average Bonchev–Trinajstić information content (AvgIpc) is 2.51. The van der Waals surface area contributed by atoms with Crippen molar-refractivity contribution in [1.29, 1.82) is 0 Å². The largest absolute Gasteiger partial charge is 0.457 e. The first kappa shape index (κ1) is 14.5. The molecule has 0 heterocycles. The second kappa shape index (κ2) is 6.12. The average molecular weight is 355 g/mol. The van der Waals surface area contributed by atoms with E-state index in [2.05, 4.69) is 15.9 Å². The Morgan fingerprint density at radius 2 is 1.41 bits per heavy atom. The zero-order valence-electron chi connectivity index (χ0n) is 11.8. The van der Waals surface area contributed by atoms with Gasteiger partial charge in [-0.3, -0.25) is 0 Å². The van der Waals surface area contributed by atoms with Gasteiger partial charge in [-0.1, -0.05) is 34.1 Å². The summed E-state index contributed by atoms with van der Waals surface area (Å²) in [6.45, 7) is 0. The Hall–Kier alpha value is -2.46. The molecule has 0 aliphatic carbocycles. The molecule has 0 saturated carbocycles. The van der Waals surface area contributed by atoms with E-state index in [4.69, 9.17) is 16.2 Å². The smallest absolute Gasteiger partial charge is 0.128 e. The van der Waals surface area contributed by atoms with Crippen molar-refractivity contribution in [3.63, 3.8) is 0 Å². The van der Waals surface area contributed by atoms with Gasteiger partial charge in [-0.25, -0.2) is 0 Å². The van der Waals surface area contributed by atoms with E-state index in [1.165, 1.54) is 0 Å². The lowest BCUT2D eigenvalue weighted by atomic mass is 10.0. The monoisotopic (exact) mass is 354 g/mol. The Kier molecular flexibility index (Phi) is 4.02. The Bertz CT molecular complexity index is 800. The van der Waals surface area contributed by atoms with Crippen molar-refractivity contribution in [2.45, 2.75) is 0 Å². The highest BCUT2D eigenvalue weighted by Crippen LogP contribution is 2.35. The lowest BCUT2D eigenvalue weighted by Crippen LogP contribution is -1.91. The predicted molar refractivity (Wildman–Crippen MR) is 94.9 cm³/mol. The number of para-hydroxylation sites is 1. The van der Waals surface area contributed by atoms with Crippen LogP contribution in [0.15, 0.2) is 71.2 Å². The van der Waals surface area contributed by atoms with Crippen molar-refractivity contribution in [3.8, 4) is 22.6 Å². The fourth-order valence-electron chi connectivity index (χ4n) is 2.19. The van der Waals surface area contributed by atoms with Gasteiger partial charge in [0.2, 0.25) is 0 Å². The predicted octanol–water partition coefficient (Wildman–Crippen LogP) is 5.07. The van der Waals surface area contributed by atoms with E-state index in [1.807, 2.05) is 66.7 Å². The third-order valence-electron chi connectivity index (χ3n) is 3.31. The molecule has 3 nitrogen and oxygen atoms in total. The van der Waals surface area contributed by atoms with Crippen molar-refractivity contribution in [2.24, 2.45) is 0 Å². The second-order valence-corrected chi connectivity index (χ2v) is 5.75. The molecule has 0 aromatic heterocycles. The number of rotatable bonds is 3. The molecule has 0 atom stereocenters. The van der Waals surface area contributed by atoms with Crippen LogP contribution in [0, 0.1) is 0 Å². The van der Waals surface area contributed by atoms with Crippen LogP contribution in [0.25, 0.3) is 11.1 Å². The molecule has 0 aliphatic rings. The molecule has 0 radical (unpaired) electrons. The molecule has 3 aromatic rings. The first-order valence-corrected chi connectivity index (χ1v) is 7.60. The molecule has 110 valence electrons. The van der Waals surface area contributed by atoms with Gasteiger partial charge in [0, 0.05) is 21.4 Å². The number of hydrogen-bond acceptors (Lipinski definition) is 3. The minimum absolute atomic E-state index is 0.712. The molecule has 0 unspecified atom stereocenters. The molecular weight excluding hydrogens is 340 g/mol. The van der Waals surface area contributed by atoms with Crippen LogP contribution in [-0.4, -0.2) is 0 Å². The van der Waals surface area contributed by atoms with Gasteiger partial charge in [0.25, 0.3) is 0 Å². The number of nitrogens with two attached hydrogens (primary N) is 2. The third kappa shape index (κ3) is 3.07. The Morgan fingerprint density at radius 1 is 0.727 bits per heavy atom. The van der Waals surface area contributed by atoms with E-state index in [-0.39, 0.29) is 0 Å². The molecule has 3 rings (SSSR count). The first-order valence-electron chi connectivity index (χ1n) is 6.81.